The predicted octanol–water partition coefficient (Wildman–Crippen LogP) is 2.91. The standard InChI is InChI=1S/C12H13FO2S/c13-11-3-1-2-9(8-14)12(11)16-10-4-6-15-7-5-10/h1-3,8,10H,4-7H2. The van der Waals surface area contributed by atoms with Gasteiger partial charge in [0.2, 0.25) is 0 Å². The first-order valence-corrected chi connectivity index (χ1v) is 6.17. The molecule has 0 atom stereocenters. The largest absolute Gasteiger partial charge is 0.381 e. The quantitative estimate of drug-likeness (QED) is 0.760. The van der Waals surface area contributed by atoms with E-state index in [4.69, 9.17) is 4.74 Å². The Bertz CT molecular complexity index is 375. The highest BCUT2D eigenvalue weighted by Gasteiger charge is 2.18. The zero-order valence-corrected chi connectivity index (χ0v) is 9.63. The van der Waals surface area contributed by atoms with Crippen molar-refractivity contribution in [3.05, 3.63) is 29.6 Å². The molecule has 0 spiro atoms. The molecule has 1 heterocycles. The van der Waals surface area contributed by atoms with Crippen LogP contribution in [0.15, 0.2) is 23.1 Å². The van der Waals surface area contributed by atoms with Gasteiger partial charge in [0.25, 0.3) is 0 Å². The van der Waals surface area contributed by atoms with Gasteiger partial charge < -0.3 is 4.74 Å². The Morgan fingerprint density at radius 2 is 2.12 bits per heavy atom. The van der Waals surface area contributed by atoms with Crippen LogP contribution in [0, 0.1) is 5.82 Å². The molecule has 0 amide bonds. The van der Waals surface area contributed by atoms with E-state index in [9.17, 15) is 9.18 Å². The van der Waals surface area contributed by atoms with Gasteiger partial charge in [-0.3, -0.25) is 4.79 Å². The van der Waals surface area contributed by atoms with Crippen LogP contribution in [0.4, 0.5) is 4.39 Å². The Kier molecular flexibility index (Phi) is 3.96. The average molecular weight is 240 g/mol. The van der Waals surface area contributed by atoms with Crippen molar-refractivity contribution in [1.82, 2.24) is 0 Å². The molecule has 4 heteroatoms. The number of thioether (sulfide) groups is 1. The van der Waals surface area contributed by atoms with Crippen molar-refractivity contribution >= 4 is 18.0 Å². The number of aldehydes is 1. The van der Waals surface area contributed by atoms with E-state index in [0.717, 1.165) is 26.1 Å². The van der Waals surface area contributed by atoms with Gasteiger partial charge in [0.1, 0.15) is 5.82 Å². The van der Waals surface area contributed by atoms with Gasteiger partial charge in [0, 0.05) is 24.0 Å². The van der Waals surface area contributed by atoms with Crippen LogP contribution < -0.4 is 0 Å². The molecule has 2 nitrogen and oxygen atoms in total. The highest BCUT2D eigenvalue weighted by Crippen LogP contribution is 2.33. The van der Waals surface area contributed by atoms with E-state index >= 15 is 0 Å². The lowest BCUT2D eigenvalue weighted by atomic mass is 10.2. The van der Waals surface area contributed by atoms with E-state index in [1.807, 2.05) is 0 Å². The number of hydrogen-bond acceptors (Lipinski definition) is 3. The van der Waals surface area contributed by atoms with Gasteiger partial charge in [-0.2, -0.15) is 0 Å². The number of hydrogen-bond donors (Lipinski definition) is 0. The Labute approximate surface area is 98.2 Å². The Morgan fingerprint density at radius 1 is 1.38 bits per heavy atom. The summed E-state index contributed by atoms with van der Waals surface area (Å²) in [7, 11) is 0. The van der Waals surface area contributed by atoms with Gasteiger partial charge in [0.15, 0.2) is 6.29 Å². The van der Waals surface area contributed by atoms with Crippen LogP contribution in [0.3, 0.4) is 0 Å². The molecule has 86 valence electrons. The second-order valence-electron chi connectivity index (χ2n) is 3.71. The Hall–Kier alpha value is -0.870. The summed E-state index contributed by atoms with van der Waals surface area (Å²) in [5.74, 6) is -0.305. The minimum absolute atomic E-state index is 0.305. The minimum Gasteiger partial charge on any atom is -0.381 e. The third kappa shape index (κ3) is 2.62. The van der Waals surface area contributed by atoms with Gasteiger partial charge in [-0.25, -0.2) is 4.39 Å². The number of halogens is 1. The molecule has 0 radical (unpaired) electrons. The third-order valence-electron chi connectivity index (χ3n) is 2.58. The normalized spacial score (nSPS) is 17.3. The van der Waals surface area contributed by atoms with Gasteiger partial charge in [-0.1, -0.05) is 12.1 Å². The molecule has 0 aromatic heterocycles. The first kappa shape index (κ1) is 11.6. The van der Waals surface area contributed by atoms with Gasteiger partial charge in [0.05, 0.1) is 4.90 Å². The van der Waals surface area contributed by atoms with E-state index in [-0.39, 0.29) is 5.82 Å². The molecule has 1 fully saturated rings. The van der Waals surface area contributed by atoms with Gasteiger partial charge in [-0.15, -0.1) is 11.8 Å². The maximum absolute atomic E-state index is 13.6. The molecule has 2 rings (SSSR count). The van der Waals surface area contributed by atoms with Gasteiger partial charge in [-0.05, 0) is 18.9 Å². The first-order valence-electron chi connectivity index (χ1n) is 5.29. The lowest BCUT2D eigenvalue weighted by Crippen LogP contribution is -2.17. The van der Waals surface area contributed by atoms with E-state index < -0.39 is 0 Å². The molecular weight excluding hydrogens is 227 g/mol. The van der Waals surface area contributed by atoms with E-state index in [0.29, 0.717) is 22.0 Å². The van der Waals surface area contributed by atoms with Crippen molar-refractivity contribution in [3.63, 3.8) is 0 Å². The fraction of sp³-hybridized carbons (Fsp3) is 0.417. The molecule has 1 aromatic rings. The fourth-order valence-electron chi connectivity index (χ4n) is 1.70. The van der Waals surface area contributed by atoms with Crippen molar-refractivity contribution in [2.24, 2.45) is 0 Å². The van der Waals surface area contributed by atoms with Crippen molar-refractivity contribution in [1.29, 1.82) is 0 Å². The smallest absolute Gasteiger partial charge is 0.151 e. The third-order valence-corrected chi connectivity index (χ3v) is 4.05. The van der Waals surface area contributed by atoms with E-state index in [1.165, 1.54) is 17.8 Å². The lowest BCUT2D eigenvalue weighted by molar-refractivity contribution is 0.1000. The van der Waals surface area contributed by atoms with Crippen LogP contribution in [-0.2, 0) is 4.74 Å². The number of rotatable bonds is 3. The van der Waals surface area contributed by atoms with Crippen LogP contribution in [0.2, 0.25) is 0 Å². The molecule has 0 N–H and O–H groups in total. The predicted molar refractivity (Wildman–Crippen MR) is 61.5 cm³/mol. The molecule has 1 aliphatic rings. The summed E-state index contributed by atoms with van der Waals surface area (Å²) in [4.78, 5) is 11.3. The molecule has 0 aliphatic carbocycles. The highest BCUT2D eigenvalue weighted by atomic mass is 32.2. The summed E-state index contributed by atoms with van der Waals surface area (Å²) >= 11 is 1.46. The molecule has 0 saturated carbocycles. The van der Waals surface area contributed by atoms with E-state index in [2.05, 4.69) is 0 Å². The van der Waals surface area contributed by atoms with Crippen molar-refractivity contribution in [2.75, 3.05) is 13.2 Å². The zero-order valence-electron chi connectivity index (χ0n) is 8.82. The molecule has 0 bridgehead atoms. The summed E-state index contributed by atoms with van der Waals surface area (Å²) in [6, 6.07) is 4.61. The summed E-state index contributed by atoms with van der Waals surface area (Å²) in [6.07, 6.45) is 2.54. The molecule has 16 heavy (non-hydrogen) atoms. The zero-order chi connectivity index (χ0) is 11.4. The summed E-state index contributed by atoms with van der Waals surface area (Å²) in [6.45, 7) is 1.45. The number of carbonyl (C=O) groups is 1. The van der Waals surface area contributed by atoms with Crippen LogP contribution in [0.25, 0.3) is 0 Å². The van der Waals surface area contributed by atoms with Crippen LogP contribution >= 0.6 is 11.8 Å². The molecule has 0 unspecified atom stereocenters. The summed E-state index contributed by atoms with van der Waals surface area (Å²) < 4.78 is 18.8. The SMILES string of the molecule is O=Cc1cccc(F)c1SC1CCOCC1. The van der Waals surface area contributed by atoms with Crippen molar-refractivity contribution in [3.8, 4) is 0 Å². The molecular formula is C12H13FO2S. The Morgan fingerprint density at radius 3 is 2.81 bits per heavy atom. The number of ether oxygens (including phenoxy) is 1. The van der Waals surface area contributed by atoms with Crippen LogP contribution in [-0.4, -0.2) is 24.7 Å². The van der Waals surface area contributed by atoms with Gasteiger partial charge >= 0.3 is 0 Å². The van der Waals surface area contributed by atoms with Crippen molar-refractivity contribution < 1.29 is 13.9 Å². The lowest BCUT2D eigenvalue weighted by Gasteiger charge is -2.22. The fourth-order valence-corrected chi connectivity index (χ4v) is 2.90. The molecule has 1 aliphatic heterocycles. The maximum atomic E-state index is 13.6. The van der Waals surface area contributed by atoms with Crippen LogP contribution in [0.5, 0.6) is 0 Å². The molecule has 1 saturated heterocycles. The monoisotopic (exact) mass is 240 g/mol. The first-order chi connectivity index (χ1) is 7.81. The highest BCUT2D eigenvalue weighted by molar-refractivity contribution is 8.00. The van der Waals surface area contributed by atoms with E-state index in [1.54, 1.807) is 12.1 Å². The summed E-state index contributed by atoms with van der Waals surface area (Å²) in [5, 5.41) is 0.351. The minimum atomic E-state index is -0.305. The molecule has 1 aromatic carbocycles. The second-order valence-corrected chi connectivity index (χ2v) is 5.02. The topological polar surface area (TPSA) is 26.3 Å². The van der Waals surface area contributed by atoms with Crippen molar-refractivity contribution in [2.45, 2.75) is 23.0 Å². The number of benzene rings is 1. The maximum Gasteiger partial charge on any atom is 0.151 e. The average Bonchev–Trinajstić information content (AvgIpc) is 2.33. The second kappa shape index (κ2) is 5.46. The number of carbonyl (C=O) groups excluding carboxylic acids is 1. The Balaban J connectivity index is 2.15. The summed E-state index contributed by atoms with van der Waals surface area (Å²) in [5.41, 5.74) is 0.441. The van der Waals surface area contributed by atoms with Crippen LogP contribution in [0.1, 0.15) is 23.2 Å².